The summed E-state index contributed by atoms with van der Waals surface area (Å²) in [5.41, 5.74) is 0. The van der Waals surface area contributed by atoms with Crippen molar-refractivity contribution >= 4 is 11.6 Å². The summed E-state index contributed by atoms with van der Waals surface area (Å²) >= 11 is 0. The van der Waals surface area contributed by atoms with E-state index in [0.29, 0.717) is 6.42 Å². The predicted molar refractivity (Wildman–Crippen MR) is 45.7 cm³/mol. The number of Topliss-reactive ketones (excluding diaryl/α,β-unsaturated/α-hetero) is 2. The normalized spacial score (nSPS) is 12.2. The van der Waals surface area contributed by atoms with Crippen LogP contribution in [0.15, 0.2) is 12.7 Å². The van der Waals surface area contributed by atoms with Gasteiger partial charge in [0.15, 0.2) is 5.78 Å². The summed E-state index contributed by atoms with van der Waals surface area (Å²) < 4.78 is 0. The van der Waals surface area contributed by atoms with E-state index >= 15 is 0 Å². The van der Waals surface area contributed by atoms with Crippen molar-refractivity contribution in [3.8, 4) is 0 Å². The third-order valence-corrected chi connectivity index (χ3v) is 1.37. The zero-order chi connectivity index (χ0) is 9.56. The van der Waals surface area contributed by atoms with Crippen molar-refractivity contribution in [3.63, 3.8) is 0 Å². The van der Waals surface area contributed by atoms with Crippen LogP contribution in [0.25, 0.3) is 0 Å². The van der Waals surface area contributed by atoms with Gasteiger partial charge in [0.25, 0.3) is 0 Å². The minimum atomic E-state index is -0.731. The van der Waals surface area contributed by atoms with E-state index in [1.54, 1.807) is 6.08 Å². The Morgan fingerprint density at radius 2 is 2.08 bits per heavy atom. The van der Waals surface area contributed by atoms with Crippen molar-refractivity contribution in [2.45, 2.75) is 32.3 Å². The van der Waals surface area contributed by atoms with Crippen molar-refractivity contribution in [3.05, 3.63) is 12.7 Å². The van der Waals surface area contributed by atoms with Crippen molar-refractivity contribution < 1.29 is 14.7 Å². The summed E-state index contributed by atoms with van der Waals surface area (Å²) in [4.78, 5) is 21.8. The first-order valence-electron chi connectivity index (χ1n) is 3.93. The monoisotopic (exact) mass is 170 g/mol. The molecule has 0 heterocycles. The van der Waals surface area contributed by atoms with Gasteiger partial charge >= 0.3 is 0 Å². The fourth-order valence-electron chi connectivity index (χ4n) is 0.755. The second kappa shape index (κ2) is 5.66. The highest BCUT2D eigenvalue weighted by Gasteiger charge is 2.14. The van der Waals surface area contributed by atoms with E-state index in [2.05, 4.69) is 6.58 Å². The number of ketones is 2. The van der Waals surface area contributed by atoms with Crippen LogP contribution in [0.4, 0.5) is 0 Å². The van der Waals surface area contributed by atoms with Crippen molar-refractivity contribution in [1.82, 2.24) is 0 Å². The smallest absolute Gasteiger partial charge is 0.200 e. The zero-order valence-corrected chi connectivity index (χ0v) is 7.25. The summed E-state index contributed by atoms with van der Waals surface area (Å²) in [7, 11) is 0. The molecule has 0 bridgehead atoms. The molecule has 1 N–H and O–H groups in total. The molecule has 68 valence electrons. The number of hydrogen-bond donors (Lipinski definition) is 1. The highest BCUT2D eigenvalue weighted by atomic mass is 16.3. The quantitative estimate of drug-likeness (QED) is 0.475. The summed E-state index contributed by atoms with van der Waals surface area (Å²) in [5, 5.41) is 8.80. The third-order valence-electron chi connectivity index (χ3n) is 1.37. The Morgan fingerprint density at radius 1 is 1.50 bits per heavy atom. The molecule has 1 unspecified atom stereocenters. The first-order chi connectivity index (χ1) is 5.57. The molecule has 3 nitrogen and oxygen atoms in total. The van der Waals surface area contributed by atoms with Crippen molar-refractivity contribution in [1.29, 1.82) is 0 Å². The Labute approximate surface area is 72.1 Å². The standard InChI is InChI=1S/C9H14O3/c1-3-4-5-8(11)9(12)6-7(2)10/h3,7,10H,1,4-6H2,2H3. The molecular weight excluding hydrogens is 156 g/mol. The summed E-state index contributed by atoms with van der Waals surface area (Å²) in [5.74, 6) is -0.914. The largest absolute Gasteiger partial charge is 0.393 e. The van der Waals surface area contributed by atoms with E-state index in [1.807, 2.05) is 0 Å². The topological polar surface area (TPSA) is 54.4 Å². The zero-order valence-electron chi connectivity index (χ0n) is 7.25. The minimum Gasteiger partial charge on any atom is -0.393 e. The van der Waals surface area contributed by atoms with Gasteiger partial charge in [-0.05, 0) is 13.3 Å². The lowest BCUT2D eigenvalue weighted by molar-refractivity contribution is -0.137. The molecule has 0 aliphatic carbocycles. The van der Waals surface area contributed by atoms with Gasteiger partial charge in [0, 0.05) is 12.8 Å². The van der Waals surface area contributed by atoms with Crippen LogP contribution in [0.1, 0.15) is 26.2 Å². The third kappa shape index (κ3) is 4.79. The average Bonchev–Trinajstić information content (AvgIpc) is 1.98. The molecule has 0 aromatic heterocycles. The van der Waals surface area contributed by atoms with Gasteiger partial charge in [-0.1, -0.05) is 6.08 Å². The molecule has 1 atom stereocenters. The molecule has 0 fully saturated rings. The number of aliphatic hydroxyl groups excluding tert-OH is 1. The molecule has 0 aromatic rings. The number of allylic oxidation sites excluding steroid dienone is 1. The number of rotatable bonds is 6. The Balaban J connectivity index is 3.77. The van der Waals surface area contributed by atoms with Crippen LogP contribution in [-0.4, -0.2) is 22.8 Å². The van der Waals surface area contributed by atoms with E-state index in [9.17, 15) is 9.59 Å². The van der Waals surface area contributed by atoms with Crippen LogP contribution in [0.3, 0.4) is 0 Å². The van der Waals surface area contributed by atoms with Gasteiger partial charge in [-0.25, -0.2) is 0 Å². The van der Waals surface area contributed by atoms with Crippen LogP contribution in [0, 0.1) is 0 Å². The Hall–Kier alpha value is -0.960. The first kappa shape index (κ1) is 11.0. The molecule has 0 aliphatic rings. The van der Waals surface area contributed by atoms with Crippen molar-refractivity contribution in [2.24, 2.45) is 0 Å². The lowest BCUT2D eigenvalue weighted by Crippen LogP contribution is -2.18. The molecule has 0 aromatic carbocycles. The molecule has 3 heteroatoms. The van der Waals surface area contributed by atoms with Crippen LogP contribution < -0.4 is 0 Å². The number of carbonyl (C=O) groups excluding carboxylic acids is 2. The van der Waals surface area contributed by atoms with Crippen LogP contribution in [0.2, 0.25) is 0 Å². The maximum Gasteiger partial charge on any atom is 0.200 e. The number of carbonyl (C=O) groups is 2. The lowest BCUT2D eigenvalue weighted by Gasteiger charge is -2.00. The molecule has 0 spiro atoms. The predicted octanol–water partition coefficient (Wildman–Crippen LogP) is 0.862. The maximum atomic E-state index is 10.9. The summed E-state index contributed by atoms with van der Waals surface area (Å²) in [6, 6.07) is 0. The highest BCUT2D eigenvalue weighted by Crippen LogP contribution is 1.98. The Kier molecular flexibility index (Phi) is 5.21. The fourth-order valence-corrected chi connectivity index (χ4v) is 0.755. The van der Waals surface area contributed by atoms with Crippen molar-refractivity contribution in [2.75, 3.05) is 0 Å². The molecule has 0 rings (SSSR count). The van der Waals surface area contributed by atoms with E-state index in [1.165, 1.54) is 6.92 Å². The van der Waals surface area contributed by atoms with Gasteiger partial charge in [0.1, 0.15) is 0 Å². The molecular formula is C9H14O3. The van der Waals surface area contributed by atoms with Crippen LogP contribution in [-0.2, 0) is 9.59 Å². The first-order valence-corrected chi connectivity index (χ1v) is 3.93. The highest BCUT2D eigenvalue weighted by molar-refractivity contribution is 6.37. The summed E-state index contributed by atoms with van der Waals surface area (Å²) in [6.07, 6.45) is 1.51. The van der Waals surface area contributed by atoms with Gasteiger partial charge in [-0.3, -0.25) is 9.59 Å². The minimum absolute atomic E-state index is 0.0734. The SMILES string of the molecule is C=CCCC(=O)C(=O)CC(C)O. The molecule has 0 aliphatic heterocycles. The fraction of sp³-hybridized carbons (Fsp3) is 0.556. The van der Waals surface area contributed by atoms with Gasteiger partial charge in [0.05, 0.1) is 6.10 Å². The summed E-state index contributed by atoms with van der Waals surface area (Å²) in [6.45, 7) is 4.92. The van der Waals surface area contributed by atoms with Crippen LogP contribution >= 0.6 is 0 Å². The van der Waals surface area contributed by atoms with E-state index in [0.717, 1.165) is 0 Å². The molecule has 0 saturated carbocycles. The second-order valence-corrected chi connectivity index (χ2v) is 2.73. The number of hydrogen-bond acceptors (Lipinski definition) is 3. The Bertz CT molecular complexity index is 182. The van der Waals surface area contributed by atoms with Gasteiger partial charge in [-0.2, -0.15) is 0 Å². The van der Waals surface area contributed by atoms with E-state index in [4.69, 9.17) is 5.11 Å². The molecule has 0 amide bonds. The second-order valence-electron chi connectivity index (χ2n) is 2.73. The molecule has 0 saturated heterocycles. The molecule has 0 radical (unpaired) electrons. The number of aliphatic hydroxyl groups is 1. The maximum absolute atomic E-state index is 10.9. The lowest BCUT2D eigenvalue weighted by atomic mass is 10.1. The van der Waals surface area contributed by atoms with Crippen LogP contribution in [0.5, 0.6) is 0 Å². The van der Waals surface area contributed by atoms with E-state index in [-0.39, 0.29) is 12.8 Å². The Morgan fingerprint density at radius 3 is 2.50 bits per heavy atom. The van der Waals surface area contributed by atoms with Gasteiger partial charge in [0.2, 0.25) is 5.78 Å². The van der Waals surface area contributed by atoms with Gasteiger partial charge < -0.3 is 5.11 Å². The van der Waals surface area contributed by atoms with Gasteiger partial charge in [-0.15, -0.1) is 6.58 Å². The molecule has 12 heavy (non-hydrogen) atoms. The van der Waals surface area contributed by atoms with E-state index < -0.39 is 17.7 Å². The average molecular weight is 170 g/mol.